The van der Waals surface area contributed by atoms with Crippen LogP contribution in [-0.2, 0) is 6.61 Å². The zero-order chi connectivity index (χ0) is 11.5. The SMILES string of the molecule is Cc1c(Br)cncc1-c1cccc(CO)c1. The molecule has 2 rings (SSSR count). The highest BCUT2D eigenvalue weighted by Gasteiger charge is 2.05. The van der Waals surface area contributed by atoms with E-state index in [1.54, 1.807) is 6.20 Å². The number of pyridine rings is 1. The Labute approximate surface area is 103 Å². The van der Waals surface area contributed by atoms with E-state index >= 15 is 0 Å². The monoisotopic (exact) mass is 277 g/mol. The predicted molar refractivity (Wildman–Crippen MR) is 68.0 cm³/mol. The van der Waals surface area contributed by atoms with Gasteiger partial charge in [-0.3, -0.25) is 4.98 Å². The van der Waals surface area contributed by atoms with Crippen LogP contribution in [0.3, 0.4) is 0 Å². The quantitative estimate of drug-likeness (QED) is 0.914. The Hall–Kier alpha value is -1.19. The number of aromatic nitrogens is 1. The highest BCUT2D eigenvalue weighted by molar-refractivity contribution is 9.10. The van der Waals surface area contributed by atoms with Crippen LogP contribution in [0.5, 0.6) is 0 Å². The molecule has 0 radical (unpaired) electrons. The Kier molecular flexibility index (Phi) is 3.36. The van der Waals surface area contributed by atoms with Gasteiger partial charge < -0.3 is 5.11 Å². The number of aliphatic hydroxyl groups is 1. The van der Waals surface area contributed by atoms with Crippen LogP contribution >= 0.6 is 15.9 Å². The average Bonchev–Trinajstić information content (AvgIpc) is 2.33. The van der Waals surface area contributed by atoms with E-state index in [0.29, 0.717) is 0 Å². The predicted octanol–water partition coefficient (Wildman–Crippen LogP) is 3.31. The van der Waals surface area contributed by atoms with Gasteiger partial charge in [-0.1, -0.05) is 18.2 Å². The lowest BCUT2D eigenvalue weighted by Gasteiger charge is -2.08. The van der Waals surface area contributed by atoms with Crippen LogP contribution in [0.2, 0.25) is 0 Å². The van der Waals surface area contributed by atoms with Crippen LogP contribution in [0, 0.1) is 6.92 Å². The fraction of sp³-hybridized carbons (Fsp3) is 0.154. The van der Waals surface area contributed by atoms with Crippen LogP contribution in [0.15, 0.2) is 41.1 Å². The molecular formula is C13H12BrNO. The summed E-state index contributed by atoms with van der Waals surface area (Å²) in [6, 6.07) is 7.86. The van der Waals surface area contributed by atoms with Gasteiger partial charge in [-0.15, -0.1) is 0 Å². The number of benzene rings is 1. The van der Waals surface area contributed by atoms with Gasteiger partial charge in [0, 0.05) is 22.4 Å². The molecule has 0 aliphatic heterocycles. The van der Waals surface area contributed by atoms with Gasteiger partial charge in [-0.05, 0) is 45.6 Å². The third kappa shape index (κ3) is 2.15. The third-order valence-electron chi connectivity index (χ3n) is 2.57. The molecule has 82 valence electrons. The second-order valence-electron chi connectivity index (χ2n) is 3.65. The van der Waals surface area contributed by atoms with E-state index in [2.05, 4.69) is 20.9 Å². The topological polar surface area (TPSA) is 33.1 Å². The van der Waals surface area contributed by atoms with Crippen molar-refractivity contribution in [3.8, 4) is 11.1 Å². The number of hydrogen-bond donors (Lipinski definition) is 1. The zero-order valence-corrected chi connectivity index (χ0v) is 10.5. The molecular weight excluding hydrogens is 266 g/mol. The van der Waals surface area contributed by atoms with Gasteiger partial charge in [0.1, 0.15) is 0 Å². The van der Waals surface area contributed by atoms with E-state index in [4.69, 9.17) is 5.11 Å². The first-order chi connectivity index (χ1) is 7.72. The summed E-state index contributed by atoms with van der Waals surface area (Å²) in [5, 5.41) is 9.11. The van der Waals surface area contributed by atoms with Crippen LogP contribution in [0.4, 0.5) is 0 Å². The van der Waals surface area contributed by atoms with Crippen LogP contribution in [-0.4, -0.2) is 10.1 Å². The number of aliphatic hydroxyl groups excluding tert-OH is 1. The van der Waals surface area contributed by atoms with Crippen molar-refractivity contribution in [3.05, 3.63) is 52.3 Å². The number of hydrogen-bond acceptors (Lipinski definition) is 2. The lowest BCUT2D eigenvalue weighted by atomic mass is 10.0. The minimum absolute atomic E-state index is 0.0638. The molecule has 0 saturated heterocycles. The maximum atomic E-state index is 9.11. The Morgan fingerprint density at radius 3 is 2.88 bits per heavy atom. The molecule has 1 heterocycles. The smallest absolute Gasteiger partial charge is 0.0682 e. The standard InChI is InChI=1S/C13H12BrNO/c1-9-12(6-15-7-13(9)14)11-4-2-3-10(5-11)8-16/h2-7,16H,8H2,1H3. The molecule has 0 bridgehead atoms. The Morgan fingerprint density at radius 1 is 1.31 bits per heavy atom. The minimum Gasteiger partial charge on any atom is -0.392 e. The van der Waals surface area contributed by atoms with Gasteiger partial charge in [0.2, 0.25) is 0 Å². The normalized spacial score (nSPS) is 10.4. The van der Waals surface area contributed by atoms with E-state index < -0.39 is 0 Å². The maximum absolute atomic E-state index is 9.11. The van der Waals surface area contributed by atoms with Gasteiger partial charge in [-0.2, -0.15) is 0 Å². The summed E-state index contributed by atoms with van der Waals surface area (Å²) in [7, 11) is 0. The second-order valence-corrected chi connectivity index (χ2v) is 4.51. The molecule has 0 unspecified atom stereocenters. The van der Waals surface area contributed by atoms with Crippen LogP contribution < -0.4 is 0 Å². The first-order valence-electron chi connectivity index (χ1n) is 5.02. The van der Waals surface area contributed by atoms with Crippen molar-refractivity contribution in [1.82, 2.24) is 4.98 Å². The second kappa shape index (κ2) is 4.76. The highest BCUT2D eigenvalue weighted by atomic mass is 79.9. The van der Waals surface area contributed by atoms with Gasteiger partial charge in [0.25, 0.3) is 0 Å². The van der Waals surface area contributed by atoms with Gasteiger partial charge in [-0.25, -0.2) is 0 Å². The fourth-order valence-electron chi connectivity index (χ4n) is 1.63. The Morgan fingerprint density at radius 2 is 2.12 bits per heavy atom. The molecule has 1 N–H and O–H groups in total. The molecule has 0 atom stereocenters. The van der Waals surface area contributed by atoms with Crippen molar-refractivity contribution >= 4 is 15.9 Å². The lowest BCUT2D eigenvalue weighted by Crippen LogP contribution is -1.89. The minimum atomic E-state index is 0.0638. The van der Waals surface area contributed by atoms with Gasteiger partial charge in [0.05, 0.1) is 6.61 Å². The molecule has 2 nitrogen and oxygen atoms in total. The number of rotatable bonds is 2. The van der Waals surface area contributed by atoms with Gasteiger partial charge >= 0.3 is 0 Å². The maximum Gasteiger partial charge on any atom is 0.0682 e. The van der Waals surface area contributed by atoms with Crippen molar-refractivity contribution in [1.29, 1.82) is 0 Å². The van der Waals surface area contributed by atoms with E-state index in [1.807, 2.05) is 37.4 Å². The molecule has 0 aliphatic carbocycles. The summed E-state index contributed by atoms with van der Waals surface area (Å²) in [5.41, 5.74) is 4.24. The molecule has 16 heavy (non-hydrogen) atoms. The van der Waals surface area contributed by atoms with E-state index in [0.717, 1.165) is 26.7 Å². The van der Waals surface area contributed by atoms with E-state index in [-0.39, 0.29) is 6.61 Å². The molecule has 0 spiro atoms. The van der Waals surface area contributed by atoms with Crippen molar-refractivity contribution in [2.45, 2.75) is 13.5 Å². The van der Waals surface area contributed by atoms with Crippen molar-refractivity contribution < 1.29 is 5.11 Å². The average molecular weight is 278 g/mol. The van der Waals surface area contributed by atoms with E-state index in [1.165, 1.54) is 0 Å². The Balaban J connectivity index is 2.54. The molecule has 1 aromatic heterocycles. The zero-order valence-electron chi connectivity index (χ0n) is 8.94. The summed E-state index contributed by atoms with van der Waals surface area (Å²) in [6.07, 6.45) is 3.63. The lowest BCUT2D eigenvalue weighted by molar-refractivity contribution is 0.282. The molecule has 0 aliphatic rings. The molecule has 1 aromatic carbocycles. The fourth-order valence-corrected chi connectivity index (χ4v) is 1.96. The molecule has 0 saturated carbocycles. The van der Waals surface area contributed by atoms with Crippen molar-refractivity contribution in [2.24, 2.45) is 0 Å². The largest absolute Gasteiger partial charge is 0.392 e. The summed E-state index contributed by atoms with van der Waals surface area (Å²) >= 11 is 3.47. The molecule has 2 aromatic rings. The summed E-state index contributed by atoms with van der Waals surface area (Å²) < 4.78 is 0.999. The van der Waals surface area contributed by atoms with Gasteiger partial charge in [0.15, 0.2) is 0 Å². The third-order valence-corrected chi connectivity index (χ3v) is 3.37. The number of nitrogens with zero attached hydrogens (tertiary/aromatic N) is 1. The van der Waals surface area contributed by atoms with Crippen LogP contribution in [0.25, 0.3) is 11.1 Å². The van der Waals surface area contributed by atoms with Crippen molar-refractivity contribution in [2.75, 3.05) is 0 Å². The van der Waals surface area contributed by atoms with Crippen LogP contribution in [0.1, 0.15) is 11.1 Å². The van der Waals surface area contributed by atoms with Crippen molar-refractivity contribution in [3.63, 3.8) is 0 Å². The molecule has 3 heteroatoms. The first kappa shape index (κ1) is 11.3. The summed E-state index contributed by atoms with van der Waals surface area (Å²) in [5.74, 6) is 0. The molecule has 0 fully saturated rings. The highest BCUT2D eigenvalue weighted by Crippen LogP contribution is 2.27. The first-order valence-corrected chi connectivity index (χ1v) is 5.82. The summed E-state index contributed by atoms with van der Waals surface area (Å²) in [4.78, 5) is 4.17. The summed E-state index contributed by atoms with van der Waals surface area (Å²) in [6.45, 7) is 2.11. The number of halogens is 1. The van der Waals surface area contributed by atoms with E-state index in [9.17, 15) is 0 Å². The molecule has 0 amide bonds. The Bertz CT molecular complexity index is 511.